The van der Waals surface area contributed by atoms with E-state index in [4.69, 9.17) is 4.74 Å². The summed E-state index contributed by atoms with van der Waals surface area (Å²) in [7, 11) is 0. The van der Waals surface area contributed by atoms with E-state index in [0.29, 0.717) is 12.5 Å². The quantitative estimate of drug-likeness (QED) is 0.823. The summed E-state index contributed by atoms with van der Waals surface area (Å²) in [6.07, 6.45) is 3.88. The van der Waals surface area contributed by atoms with Crippen molar-refractivity contribution in [2.45, 2.75) is 70.2 Å². The fourth-order valence-corrected chi connectivity index (χ4v) is 3.63. The molecule has 20 heavy (non-hydrogen) atoms. The van der Waals surface area contributed by atoms with Gasteiger partial charge in [0.15, 0.2) is 0 Å². The van der Waals surface area contributed by atoms with Crippen LogP contribution in [0.1, 0.15) is 46.5 Å². The molecule has 3 rings (SSSR count). The summed E-state index contributed by atoms with van der Waals surface area (Å²) in [4.78, 5) is 27.1. The lowest BCUT2D eigenvalue weighted by molar-refractivity contribution is -0.160. The van der Waals surface area contributed by atoms with Crippen LogP contribution in [0.25, 0.3) is 0 Å². The van der Waals surface area contributed by atoms with E-state index in [9.17, 15) is 9.59 Å². The van der Waals surface area contributed by atoms with Gasteiger partial charge in [-0.1, -0.05) is 0 Å². The first kappa shape index (κ1) is 13.9. The molecule has 4 unspecified atom stereocenters. The van der Waals surface area contributed by atoms with Gasteiger partial charge in [-0.15, -0.1) is 0 Å². The van der Waals surface area contributed by atoms with Crippen molar-refractivity contribution in [1.29, 1.82) is 0 Å². The third kappa shape index (κ3) is 2.12. The van der Waals surface area contributed by atoms with Crippen LogP contribution in [-0.4, -0.2) is 47.0 Å². The minimum Gasteiger partial charge on any atom is -0.378 e. The highest BCUT2D eigenvalue weighted by molar-refractivity contribution is 6.00. The molecule has 1 aliphatic carbocycles. The number of carbonyl (C=O) groups is 2. The Morgan fingerprint density at radius 3 is 2.55 bits per heavy atom. The summed E-state index contributed by atoms with van der Waals surface area (Å²) >= 11 is 0. The lowest BCUT2D eigenvalue weighted by atomic mass is 9.87. The van der Waals surface area contributed by atoms with Crippen molar-refractivity contribution in [2.75, 3.05) is 6.61 Å². The lowest BCUT2D eigenvalue weighted by Crippen LogP contribution is -2.71. The second-order valence-electron chi connectivity index (χ2n) is 6.71. The van der Waals surface area contributed by atoms with Gasteiger partial charge in [-0.25, -0.2) is 0 Å². The fraction of sp³-hybridized carbons (Fsp3) is 0.867. The van der Waals surface area contributed by atoms with Crippen molar-refractivity contribution in [3.63, 3.8) is 0 Å². The van der Waals surface area contributed by atoms with E-state index < -0.39 is 5.54 Å². The molecule has 3 fully saturated rings. The van der Waals surface area contributed by atoms with Crippen molar-refractivity contribution < 1.29 is 14.3 Å². The monoisotopic (exact) mass is 280 g/mol. The summed E-state index contributed by atoms with van der Waals surface area (Å²) in [5.41, 5.74) is -0.689. The van der Waals surface area contributed by atoms with Crippen molar-refractivity contribution in [3.8, 4) is 0 Å². The Labute approximate surface area is 120 Å². The van der Waals surface area contributed by atoms with Crippen LogP contribution in [0.3, 0.4) is 0 Å². The number of hydrogen-bond acceptors (Lipinski definition) is 3. The van der Waals surface area contributed by atoms with Crippen molar-refractivity contribution in [2.24, 2.45) is 5.92 Å². The van der Waals surface area contributed by atoms with E-state index in [0.717, 1.165) is 25.7 Å². The second kappa shape index (κ2) is 4.72. The van der Waals surface area contributed by atoms with Crippen molar-refractivity contribution in [1.82, 2.24) is 10.2 Å². The number of rotatable bonds is 2. The van der Waals surface area contributed by atoms with Gasteiger partial charge in [-0.05, 0) is 52.4 Å². The van der Waals surface area contributed by atoms with Crippen LogP contribution >= 0.6 is 0 Å². The van der Waals surface area contributed by atoms with Crippen LogP contribution in [0.15, 0.2) is 0 Å². The average Bonchev–Trinajstić information content (AvgIpc) is 3.21. The number of ether oxygens (including phenoxy) is 1. The molecule has 0 bridgehead atoms. The molecule has 0 spiro atoms. The van der Waals surface area contributed by atoms with E-state index in [1.165, 1.54) is 0 Å². The summed E-state index contributed by atoms with van der Waals surface area (Å²) in [6.45, 7) is 6.43. The van der Waals surface area contributed by atoms with Crippen LogP contribution in [0.4, 0.5) is 0 Å². The molecule has 3 aliphatic rings. The molecule has 2 amide bonds. The first-order chi connectivity index (χ1) is 9.43. The SMILES string of the molecule is CC1CC(N2C(=O)C(C)(C3CC3)NC(=O)C2C)CCO1. The zero-order valence-electron chi connectivity index (χ0n) is 12.5. The van der Waals surface area contributed by atoms with Crippen molar-refractivity contribution >= 4 is 11.8 Å². The minimum atomic E-state index is -0.689. The maximum absolute atomic E-state index is 13.0. The van der Waals surface area contributed by atoms with Gasteiger partial charge in [0.25, 0.3) is 0 Å². The normalized spacial score (nSPS) is 42.5. The molecule has 0 aromatic heterocycles. The van der Waals surface area contributed by atoms with Crippen LogP contribution in [-0.2, 0) is 14.3 Å². The number of piperazine rings is 1. The maximum atomic E-state index is 13.0. The third-order valence-electron chi connectivity index (χ3n) is 5.10. The van der Waals surface area contributed by atoms with E-state index in [1.54, 1.807) is 0 Å². The van der Waals surface area contributed by atoms with E-state index in [1.807, 2.05) is 25.7 Å². The first-order valence-corrected chi connectivity index (χ1v) is 7.70. The van der Waals surface area contributed by atoms with Crippen molar-refractivity contribution in [3.05, 3.63) is 0 Å². The van der Waals surface area contributed by atoms with Crippen LogP contribution in [0.2, 0.25) is 0 Å². The van der Waals surface area contributed by atoms with Gasteiger partial charge in [-0.2, -0.15) is 0 Å². The highest BCUT2D eigenvalue weighted by Gasteiger charge is 2.55. The summed E-state index contributed by atoms with van der Waals surface area (Å²) < 4.78 is 5.57. The molecule has 5 heteroatoms. The van der Waals surface area contributed by atoms with Gasteiger partial charge in [-0.3, -0.25) is 9.59 Å². The molecule has 1 saturated carbocycles. The Bertz CT molecular complexity index is 435. The molecular weight excluding hydrogens is 256 g/mol. The number of carbonyl (C=O) groups excluding carboxylic acids is 2. The molecule has 0 aromatic rings. The van der Waals surface area contributed by atoms with Gasteiger partial charge in [0.1, 0.15) is 11.6 Å². The predicted octanol–water partition coefficient (Wildman–Crippen LogP) is 1.07. The zero-order chi connectivity index (χ0) is 14.5. The van der Waals surface area contributed by atoms with Crippen LogP contribution in [0.5, 0.6) is 0 Å². The van der Waals surface area contributed by atoms with Crippen LogP contribution in [0, 0.1) is 5.92 Å². The Hall–Kier alpha value is -1.10. The topological polar surface area (TPSA) is 58.6 Å². The number of hydrogen-bond donors (Lipinski definition) is 1. The molecule has 2 heterocycles. The number of nitrogens with zero attached hydrogens (tertiary/aromatic N) is 1. The standard InChI is InChI=1S/C15H24N2O3/c1-9-8-12(6-7-20-9)17-10(2)13(18)16-15(3,14(17)19)11-4-5-11/h9-12H,4-8H2,1-3H3,(H,16,18). The smallest absolute Gasteiger partial charge is 0.249 e. The lowest BCUT2D eigenvalue weighted by Gasteiger charge is -2.48. The average molecular weight is 280 g/mol. The van der Waals surface area contributed by atoms with Crippen LogP contribution < -0.4 is 5.32 Å². The minimum absolute atomic E-state index is 0.0156. The zero-order valence-corrected chi connectivity index (χ0v) is 12.5. The molecule has 5 nitrogen and oxygen atoms in total. The Morgan fingerprint density at radius 1 is 1.25 bits per heavy atom. The van der Waals surface area contributed by atoms with Gasteiger partial charge in [0.05, 0.1) is 6.10 Å². The molecule has 112 valence electrons. The molecule has 4 atom stereocenters. The molecule has 0 radical (unpaired) electrons. The summed E-state index contributed by atoms with van der Waals surface area (Å²) in [6, 6.07) is -0.241. The highest BCUT2D eigenvalue weighted by Crippen LogP contribution is 2.43. The summed E-state index contributed by atoms with van der Waals surface area (Å²) in [5, 5.41) is 2.97. The highest BCUT2D eigenvalue weighted by atomic mass is 16.5. The number of nitrogens with one attached hydrogen (secondary N) is 1. The molecule has 1 N–H and O–H groups in total. The van der Waals surface area contributed by atoms with Gasteiger partial charge in [0, 0.05) is 12.6 Å². The Kier molecular flexibility index (Phi) is 3.27. The summed E-state index contributed by atoms with van der Waals surface area (Å²) in [5.74, 6) is 0.399. The predicted molar refractivity (Wildman–Crippen MR) is 74.0 cm³/mol. The molecule has 2 aliphatic heterocycles. The van der Waals surface area contributed by atoms with Gasteiger partial charge >= 0.3 is 0 Å². The van der Waals surface area contributed by atoms with E-state index in [2.05, 4.69) is 5.32 Å². The fourth-order valence-electron chi connectivity index (χ4n) is 3.63. The number of amides is 2. The third-order valence-corrected chi connectivity index (χ3v) is 5.10. The van der Waals surface area contributed by atoms with Gasteiger partial charge < -0.3 is 15.0 Å². The van der Waals surface area contributed by atoms with E-state index >= 15 is 0 Å². The first-order valence-electron chi connectivity index (χ1n) is 7.70. The molecular formula is C15H24N2O3. The van der Waals surface area contributed by atoms with E-state index in [-0.39, 0.29) is 30.0 Å². The Balaban J connectivity index is 1.86. The molecule has 0 aromatic carbocycles. The molecule has 2 saturated heterocycles. The Morgan fingerprint density at radius 2 is 1.95 bits per heavy atom. The van der Waals surface area contributed by atoms with Gasteiger partial charge in [0.2, 0.25) is 11.8 Å². The second-order valence-corrected chi connectivity index (χ2v) is 6.71. The largest absolute Gasteiger partial charge is 0.378 e. The maximum Gasteiger partial charge on any atom is 0.249 e.